The van der Waals surface area contributed by atoms with Crippen molar-refractivity contribution >= 4 is 29.1 Å². The van der Waals surface area contributed by atoms with Gasteiger partial charge in [-0.1, -0.05) is 19.9 Å². The van der Waals surface area contributed by atoms with E-state index in [1.807, 2.05) is 0 Å². The molecule has 3 N–H and O–H groups in total. The Labute approximate surface area is 159 Å². The molecule has 0 aromatic heterocycles. The normalized spacial score (nSPS) is 10.4. The Bertz CT molecular complexity index is 814. The zero-order valence-corrected chi connectivity index (χ0v) is 15.8. The van der Waals surface area contributed by atoms with Gasteiger partial charge >= 0.3 is 0 Å². The highest BCUT2D eigenvalue weighted by Crippen LogP contribution is 2.15. The zero-order chi connectivity index (χ0) is 19.8. The molecular weight excluding hydrogens is 342 g/mol. The van der Waals surface area contributed by atoms with Crippen molar-refractivity contribution in [2.24, 2.45) is 5.92 Å². The summed E-state index contributed by atoms with van der Waals surface area (Å²) in [5, 5.41) is 8.31. The first-order valence-electron chi connectivity index (χ1n) is 8.92. The second kappa shape index (κ2) is 9.52. The predicted octanol–water partition coefficient (Wildman–Crippen LogP) is 3.67. The molecule has 0 saturated carbocycles. The molecule has 2 rings (SSSR count). The van der Waals surface area contributed by atoms with Crippen molar-refractivity contribution in [3.8, 4) is 0 Å². The number of benzene rings is 2. The van der Waals surface area contributed by atoms with Crippen molar-refractivity contribution in [2.75, 3.05) is 17.2 Å². The lowest BCUT2D eigenvalue weighted by Gasteiger charge is -2.09. The quantitative estimate of drug-likeness (QED) is 0.698. The first kappa shape index (κ1) is 20.2. The summed E-state index contributed by atoms with van der Waals surface area (Å²) in [5.74, 6) is -0.140. The van der Waals surface area contributed by atoms with Crippen molar-refractivity contribution < 1.29 is 14.4 Å². The van der Waals surface area contributed by atoms with Gasteiger partial charge in [0.25, 0.3) is 11.8 Å². The maximum absolute atomic E-state index is 12.4. The predicted molar refractivity (Wildman–Crippen MR) is 107 cm³/mol. The van der Waals surface area contributed by atoms with E-state index in [4.69, 9.17) is 0 Å². The van der Waals surface area contributed by atoms with Crippen LogP contribution in [0.1, 0.15) is 47.9 Å². The molecule has 0 fully saturated rings. The summed E-state index contributed by atoms with van der Waals surface area (Å²) < 4.78 is 0. The van der Waals surface area contributed by atoms with Crippen molar-refractivity contribution in [1.82, 2.24) is 5.32 Å². The molecule has 27 heavy (non-hydrogen) atoms. The van der Waals surface area contributed by atoms with Crippen LogP contribution in [-0.4, -0.2) is 24.3 Å². The minimum Gasteiger partial charge on any atom is -0.352 e. The number of carbonyl (C=O) groups excluding carboxylic acids is 3. The van der Waals surface area contributed by atoms with Gasteiger partial charge in [0.1, 0.15) is 0 Å². The smallest absolute Gasteiger partial charge is 0.255 e. The minimum atomic E-state index is -0.306. The molecule has 0 unspecified atom stereocenters. The van der Waals surface area contributed by atoms with Gasteiger partial charge in [0.2, 0.25) is 5.91 Å². The van der Waals surface area contributed by atoms with E-state index in [1.54, 1.807) is 48.5 Å². The Morgan fingerprint density at radius 2 is 1.41 bits per heavy atom. The van der Waals surface area contributed by atoms with Gasteiger partial charge in [0.15, 0.2) is 0 Å². The van der Waals surface area contributed by atoms with Crippen LogP contribution in [0, 0.1) is 5.92 Å². The minimum absolute atomic E-state index is 0.157. The average molecular weight is 367 g/mol. The molecule has 0 heterocycles. The summed E-state index contributed by atoms with van der Waals surface area (Å²) in [6.45, 7) is 6.23. The molecule has 0 radical (unpaired) electrons. The Kier molecular flexibility index (Phi) is 7.11. The molecule has 0 aliphatic rings. The van der Waals surface area contributed by atoms with E-state index >= 15 is 0 Å². The van der Waals surface area contributed by atoms with Crippen molar-refractivity contribution in [3.05, 3.63) is 59.7 Å². The molecule has 6 heteroatoms. The third kappa shape index (κ3) is 6.58. The van der Waals surface area contributed by atoms with Crippen LogP contribution < -0.4 is 16.0 Å². The lowest BCUT2D eigenvalue weighted by atomic mass is 10.1. The van der Waals surface area contributed by atoms with E-state index in [0.717, 1.165) is 6.42 Å². The molecule has 0 aliphatic carbocycles. The molecule has 0 saturated heterocycles. The van der Waals surface area contributed by atoms with Crippen LogP contribution in [-0.2, 0) is 4.79 Å². The van der Waals surface area contributed by atoms with Crippen LogP contribution in [0.25, 0.3) is 0 Å². The molecule has 0 spiro atoms. The lowest BCUT2D eigenvalue weighted by molar-refractivity contribution is -0.114. The monoisotopic (exact) mass is 367 g/mol. The third-order valence-corrected chi connectivity index (χ3v) is 3.86. The highest BCUT2D eigenvalue weighted by Gasteiger charge is 2.11. The molecule has 0 aliphatic heterocycles. The van der Waals surface area contributed by atoms with Gasteiger partial charge in [0, 0.05) is 36.0 Å². The summed E-state index contributed by atoms with van der Waals surface area (Å²) in [7, 11) is 0. The SMILES string of the molecule is CC(=O)Nc1ccc(NC(=O)c2cccc(C(=O)NCCC(C)C)c2)cc1. The molecule has 142 valence electrons. The van der Waals surface area contributed by atoms with Crippen LogP contribution in [0.15, 0.2) is 48.5 Å². The molecule has 3 amide bonds. The van der Waals surface area contributed by atoms with Crippen LogP contribution in [0.4, 0.5) is 11.4 Å². The van der Waals surface area contributed by atoms with Crippen LogP contribution in [0.2, 0.25) is 0 Å². The van der Waals surface area contributed by atoms with E-state index in [-0.39, 0.29) is 17.7 Å². The fourth-order valence-corrected chi connectivity index (χ4v) is 2.42. The first-order valence-corrected chi connectivity index (χ1v) is 8.92. The molecule has 6 nitrogen and oxygen atoms in total. The number of hydrogen-bond acceptors (Lipinski definition) is 3. The second-order valence-electron chi connectivity index (χ2n) is 6.73. The molecule has 2 aromatic rings. The average Bonchev–Trinajstić information content (AvgIpc) is 2.62. The number of anilines is 2. The van der Waals surface area contributed by atoms with Gasteiger partial charge in [0.05, 0.1) is 0 Å². The van der Waals surface area contributed by atoms with Crippen LogP contribution in [0.5, 0.6) is 0 Å². The van der Waals surface area contributed by atoms with E-state index < -0.39 is 0 Å². The number of rotatable bonds is 7. The topological polar surface area (TPSA) is 87.3 Å². The first-order chi connectivity index (χ1) is 12.8. The number of hydrogen-bond donors (Lipinski definition) is 3. The van der Waals surface area contributed by atoms with Gasteiger partial charge < -0.3 is 16.0 Å². The fraction of sp³-hybridized carbons (Fsp3) is 0.286. The summed E-state index contributed by atoms with van der Waals surface area (Å²) in [5.41, 5.74) is 2.10. The number of amides is 3. The lowest BCUT2D eigenvalue weighted by Crippen LogP contribution is -2.25. The van der Waals surface area contributed by atoms with Crippen LogP contribution in [0.3, 0.4) is 0 Å². The molecule has 0 atom stereocenters. The highest BCUT2D eigenvalue weighted by molar-refractivity contribution is 6.06. The maximum atomic E-state index is 12.4. The zero-order valence-electron chi connectivity index (χ0n) is 15.8. The Morgan fingerprint density at radius 1 is 0.852 bits per heavy atom. The van der Waals surface area contributed by atoms with Gasteiger partial charge in [-0.15, -0.1) is 0 Å². The Morgan fingerprint density at radius 3 is 1.96 bits per heavy atom. The van der Waals surface area contributed by atoms with Gasteiger partial charge in [-0.3, -0.25) is 14.4 Å². The summed E-state index contributed by atoms with van der Waals surface area (Å²) in [4.78, 5) is 35.7. The van der Waals surface area contributed by atoms with Gasteiger partial charge in [-0.2, -0.15) is 0 Å². The van der Waals surface area contributed by atoms with E-state index in [1.165, 1.54) is 6.92 Å². The largest absolute Gasteiger partial charge is 0.352 e. The van der Waals surface area contributed by atoms with Gasteiger partial charge in [-0.05, 0) is 54.8 Å². The number of carbonyl (C=O) groups is 3. The molecule has 0 bridgehead atoms. The van der Waals surface area contributed by atoms with Crippen molar-refractivity contribution in [2.45, 2.75) is 27.2 Å². The maximum Gasteiger partial charge on any atom is 0.255 e. The fourth-order valence-electron chi connectivity index (χ4n) is 2.42. The van der Waals surface area contributed by atoms with Crippen molar-refractivity contribution in [3.63, 3.8) is 0 Å². The standard InChI is InChI=1S/C21H25N3O3/c1-14(2)11-12-22-20(26)16-5-4-6-17(13-16)21(27)24-19-9-7-18(8-10-19)23-15(3)25/h4-10,13-14H,11-12H2,1-3H3,(H,22,26)(H,23,25)(H,24,27). The summed E-state index contributed by atoms with van der Waals surface area (Å²) >= 11 is 0. The summed E-state index contributed by atoms with van der Waals surface area (Å²) in [6.07, 6.45) is 0.903. The Hall–Kier alpha value is -3.15. The third-order valence-electron chi connectivity index (χ3n) is 3.86. The number of nitrogens with one attached hydrogen (secondary N) is 3. The molecule has 2 aromatic carbocycles. The van der Waals surface area contributed by atoms with Crippen LogP contribution >= 0.6 is 0 Å². The summed E-state index contributed by atoms with van der Waals surface area (Å²) in [6, 6.07) is 13.4. The van der Waals surface area contributed by atoms with Gasteiger partial charge in [-0.25, -0.2) is 0 Å². The van der Waals surface area contributed by atoms with E-state index in [9.17, 15) is 14.4 Å². The Balaban J connectivity index is 2.00. The van der Waals surface area contributed by atoms with E-state index in [2.05, 4.69) is 29.8 Å². The van der Waals surface area contributed by atoms with Crippen molar-refractivity contribution in [1.29, 1.82) is 0 Å². The molecular formula is C21H25N3O3. The second-order valence-corrected chi connectivity index (χ2v) is 6.73. The van der Waals surface area contributed by atoms with E-state index in [0.29, 0.717) is 35.0 Å². The highest BCUT2D eigenvalue weighted by atomic mass is 16.2.